The van der Waals surface area contributed by atoms with E-state index in [-0.39, 0.29) is 21.1 Å². The lowest BCUT2D eigenvalue weighted by molar-refractivity contribution is 0.100. The minimum Gasteiger partial charge on any atom is -0.365 e. The summed E-state index contributed by atoms with van der Waals surface area (Å²) < 4.78 is 27.2. The number of thiophene rings is 2. The van der Waals surface area contributed by atoms with Crippen LogP contribution in [0.4, 0.5) is 14.5 Å². The number of nitrogens with two attached hydrogens (primary N) is 1. The summed E-state index contributed by atoms with van der Waals surface area (Å²) >= 11 is 2.34. The normalized spacial score (nSPS) is 11.3. The number of hydrogen-bond acceptors (Lipinski definition) is 6. The van der Waals surface area contributed by atoms with Crippen LogP contribution in [0.2, 0.25) is 0 Å². The molecule has 170 valence electrons. The number of rotatable bonds is 6. The van der Waals surface area contributed by atoms with Crippen LogP contribution in [-0.2, 0) is 0 Å². The molecule has 2 amide bonds. The van der Waals surface area contributed by atoms with Crippen LogP contribution in [0.25, 0.3) is 31.9 Å². The van der Waals surface area contributed by atoms with E-state index in [0.29, 0.717) is 22.2 Å². The number of hydrogen-bond donors (Lipinski definition) is 3. The molecule has 0 saturated heterocycles. The van der Waals surface area contributed by atoms with Gasteiger partial charge in [-0.05, 0) is 34.7 Å². The van der Waals surface area contributed by atoms with Gasteiger partial charge in [-0.1, -0.05) is 36.4 Å². The summed E-state index contributed by atoms with van der Waals surface area (Å²) in [6.45, 7) is 0. The number of nitrogens with one attached hydrogen (secondary N) is 2. The number of benzene rings is 1. The van der Waals surface area contributed by atoms with Crippen molar-refractivity contribution in [1.82, 2.24) is 15.2 Å². The molecule has 0 fully saturated rings. The average Bonchev–Trinajstić information content (AvgIpc) is 3.58. The second kappa shape index (κ2) is 8.76. The number of fused-ring (bicyclic) bond motifs is 1. The number of halogens is 2. The SMILES string of the molecule is NC(=O)c1sc2nc(C(F)F)cc(-c3ccccc3)c2c1NC(=O)c1cc(-c2cccs2)[nH]n1. The first-order valence-electron chi connectivity index (χ1n) is 9.94. The number of amides is 2. The van der Waals surface area contributed by atoms with E-state index in [4.69, 9.17) is 5.73 Å². The Balaban J connectivity index is 1.64. The third-order valence-electron chi connectivity index (χ3n) is 5.05. The fourth-order valence-corrected chi connectivity index (χ4v) is 5.25. The maximum absolute atomic E-state index is 13.6. The molecule has 0 aliphatic carbocycles. The number of alkyl halides is 2. The number of pyridine rings is 1. The fraction of sp³-hybridized carbons (Fsp3) is 0.0435. The maximum Gasteiger partial charge on any atom is 0.280 e. The van der Waals surface area contributed by atoms with Crippen molar-refractivity contribution in [3.63, 3.8) is 0 Å². The lowest BCUT2D eigenvalue weighted by Gasteiger charge is -2.10. The Morgan fingerprint density at radius 3 is 2.56 bits per heavy atom. The molecule has 0 aliphatic rings. The van der Waals surface area contributed by atoms with E-state index in [1.165, 1.54) is 17.4 Å². The molecule has 7 nitrogen and oxygen atoms in total. The number of nitrogens with zero attached hydrogens (tertiary/aromatic N) is 2. The molecule has 1 aromatic carbocycles. The maximum atomic E-state index is 13.6. The minimum atomic E-state index is -2.82. The molecule has 0 aliphatic heterocycles. The standard InChI is InChI=1S/C23H15F2N5O2S2/c24-20(25)14-9-12(11-5-2-1-3-6-11)17-18(19(21(26)31)34-23(17)27-14)28-22(32)15-10-13(29-30-15)16-7-4-8-33-16/h1-10,20H,(H2,26,31)(H,28,32)(H,29,30). The zero-order valence-corrected chi connectivity index (χ0v) is 18.8. The van der Waals surface area contributed by atoms with Crippen molar-refractivity contribution in [2.45, 2.75) is 6.43 Å². The predicted molar refractivity (Wildman–Crippen MR) is 128 cm³/mol. The molecule has 11 heteroatoms. The summed E-state index contributed by atoms with van der Waals surface area (Å²) in [6.07, 6.45) is -2.82. The summed E-state index contributed by atoms with van der Waals surface area (Å²) in [7, 11) is 0. The topological polar surface area (TPSA) is 114 Å². The van der Waals surface area contributed by atoms with E-state index < -0.39 is 23.9 Å². The lowest BCUT2D eigenvalue weighted by Crippen LogP contribution is -2.17. The second-order valence-electron chi connectivity index (χ2n) is 7.21. The van der Waals surface area contributed by atoms with Crippen molar-refractivity contribution in [3.05, 3.63) is 76.2 Å². The largest absolute Gasteiger partial charge is 0.365 e. The molecule has 0 saturated carbocycles. The molecule has 0 spiro atoms. The van der Waals surface area contributed by atoms with E-state index in [9.17, 15) is 18.4 Å². The molecule has 0 radical (unpaired) electrons. The van der Waals surface area contributed by atoms with Gasteiger partial charge in [0.1, 0.15) is 15.4 Å². The lowest BCUT2D eigenvalue weighted by atomic mass is 10.0. The number of primary amides is 1. The Morgan fingerprint density at radius 1 is 1.09 bits per heavy atom. The second-order valence-corrected chi connectivity index (χ2v) is 9.16. The molecular formula is C23H15F2N5O2S2. The van der Waals surface area contributed by atoms with Gasteiger partial charge in [0, 0.05) is 5.39 Å². The third-order valence-corrected chi connectivity index (χ3v) is 7.05. The zero-order valence-electron chi connectivity index (χ0n) is 17.2. The van der Waals surface area contributed by atoms with Crippen molar-refractivity contribution in [2.24, 2.45) is 5.73 Å². The average molecular weight is 496 g/mol. The zero-order chi connectivity index (χ0) is 23.8. The summed E-state index contributed by atoms with van der Waals surface area (Å²) in [4.78, 5) is 30.4. The monoisotopic (exact) mass is 495 g/mol. The Bertz CT molecular complexity index is 1510. The first-order valence-corrected chi connectivity index (χ1v) is 11.6. The highest BCUT2D eigenvalue weighted by atomic mass is 32.1. The summed E-state index contributed by atoms with van der Waals surface area (Å²) in [5.41, 5.74) is 7.04. The van der Waals surface area contributed by atoms with Crippen molar-refractivity contribution >= 4 is 50.4 Å². The van der Waals surface area contributed by atoms with E-state index in [1.54, 1.807) is 36.4 Å². The quantitative estimate of drug-likeness (QED) is 0.280. The molecule has 0 atom stereocenters. The van der Waals surface area contributed by atoms with Gasteiger partial charge < -0.3 is 11.1 Å². The van der Waals surface area contributed by atoms with Gasteiger partial charge in [0.05, 0.1) is 16.3 Å². The summed E-state index contributed by atoms with van der Waals surface area (Å²) in [5, 5.41) is 11.9. The van der Waals surface area contributed by atoms with E-state index in [2.05, 4.69) is 20.5 Å². The highest BCUT2D eigenvalue weighted by Crippen LogP contribution is 2.42. The van der Waals surface area contributed by atoms with Crippen LogP contribution in [0.3, 0.4) is 0 Å². The molecule has 0 bridgehead atoms. The molecule has 4 heterocycles. The number of H-pyrrole nitrogens is 1. The van der Waals surface area contributed by atoms with Crippen molar-refractivity contribution in [3.8, 4) is 21.7 Å². The Morgan fingerprint density at radius 2 is 1.88 bits per heavy atom. The van der Waals surface area contributed by atoms with Crippen molar-refractivity contribution in [1.29, 1.82) is 0 Å². The Hall–Kier alpha value is -3.96. The van der Waals surface area contributed by atoms with Gasteiger partial charge in [-0.2, -0.15) is 5.10 Å². The first kappa shape index (κ1) is 21.9. The summed E-state index contributed by atoms with van der Waals surface area (Å²) in [6, 6.07) is 15.4. The van der Waals surface area contributed by atoms with Gasteiger partial charge in [0.15, 0.2) is 5.69 Å². The van der Waals surface area contributed by atoms with Gasteiger partial charge in [-0.3, -0.25) is 14.7 Å². The molecule has 4 aromatic heterocycles. The highest BCUT2D eigenvalue weighted by Gasteiger charge is 2.25. The smallest absolute Gasteiger partial charge is 0.280 e. The van der Waals surface area contributed by atoms with E-state index in [0.717, 1.165) is 16.2 Å². The minimum absolute atomic E-state index is 0.00784. The van der Waals surface area contributed by atoms with Crippen molar-refractivity contribution in [2.75, 3.05) is 5.32 Å². The first-order chi connectivity index (χ1) is 16.4. The van der Waals surface area contributed by atoms with Crippen molar-refractivity contribution < 1.29 is 18.4 Å². The molecule has 5 rings (SSSR count). The third kappa shape index (κ3) is 3.95. The number of aromatic nitrogens is 3. The molecular weight excluding hydrogens is 480 g/mol. The number of carbonyl (C=O) groups is 2. The Labute approximate surface area is 199 Å². The van der Waals surface area contributed by atoms with E-state index >= 15 is 0 Å². The van der Waals surface area contributed by atoms with Crippen LogP contribution >= 0.6 is 22.7 Å². The number of aromatic amines is 1. The molecule has 5 aromatic rings. The fourth-order valence-electron chi connectivity index (χ4n) is 3.54. The van der Waals surface area contributed by atoms with Crippen LogP contribution in [0, 0.1) is 0 Å². The van der Waals surface area contributed by atoms with Crippen LogP contribution in [0.5, 0.6) is 0 Å². The highest BCUT2D eigenvalue weighted by molar-refractivity contribution is 7.21. The number of anilines is 1. The summed E-state index contributed by atoms with van der Waals surface area (Å²) in [5.74, 6) is -1.39. The molecule has 34 heavy (non-hydrogen) atoms. The van der Waals surface area contributed by atoms with Crippen LogP contribution in [0.15, 0.2) is 60.0 Å². The molecule has 0 unspecified atom stereocenters. The van der Waals surface area contributed by atoms with E-state index in [1.807, 2.05) is 17.5 Å². The van der Waals surface area contributed by atoms with Gasteiger partial charge in [-0.25, -0.2) is 13.8 Å². The molecule has 4 N–H and O–H groups in total. The van der Waals surface area contributed by atoms with Gasteiger partial charge in [0.2, 0.25) is 0 Å². The van der Waals surface area contributed by atoms with Crippen LogP contribution in [-0.4, -0.2) is 27.0 Å². The predicted octanol–water partition coefficient (Wildman–Crippen LogP) is 5.70. The number of carbonyl (C=O) groups excluding carboxylic acids is 2. The van der Waals surface area contributed by atoms with Crippen LogP contribution in [0.1, 0.15) is 32.3 Å². The van der Waals surface area contributed by atoms with Gasteiger partial charge >= 0.3 is 0 Å². The van der Waals surface area contributed by atoms with Crippen LogP contribution < -0.4 is 11.1 Å². The Kier molecular flexibility index (Phi) is 5.64. The van der Waals surface area contributed by atoms with Gasteiger partial charge in [-0.15, -0.1) is 22.7 Å². The van der Waals surface area contributed by atoms with Gasteiger partial charge in [0.25, 0.3) is 18.2 Å².